The Labute approximate surface area is 191 Å². The Morgan fingerprint density at radius 1 is 1.22 bits per heavy atom. The second kappa shape index (κ2) is 10.6. The summed E-state index contributed by atoms with van der Waals surface area (Å²) in [5.74, 6) is 0.536. The van der Waals surface area contributed by atoms with Crippen molar-refractivity contribution in [1.82, 2.24) is 0 Å². The van der Waals surface area contributed by atoms with Crippen LogP contribution in [0.4, 0.5) is 5.69 Å². The van der Waals surface area contributed by atoms with E-state index in [4.69, 9.17) is 19.9 Å². The fourth-order valence-electron chi connectivity index (χ4n) is 3.80. The maximum Gasteiger partial charge on any atom is 0.305 e. The van der Waals surface area contributed by atoms with Crippen LogP contribution in [0.15, 0.2) is 52.4 Å². The minimum absolute atomic E-state index is 0.117. The molecule has 3 rings (SSSR count). The molecule has 0 aliphatic carbocycles. The van der Waals surface area contributed by atoms with E-state index in [1.807, 2.05) is 43.3 Å². The third-order valence-electron chi connectivity index (χ3n) is 5.31. The number of amidine groups is 2. The highest BCUT2D eigenvalue weighted by Gasteiger charge is 2.33. The van der Waals surface area contributed by atoms with Crippen molar-refractivity contribution in [2.45, 2.75) is 25.8 Å². The summed E-state index contributed by atoms with van der Waals surface area (Å²) in [5.41, 5.74) is 4.58. The van der Waals surface area contributed by atoms with Crippen LogP contribution in [0.5, 0.6) is 0 Å². The molecule has 1 heterocycles. The molecule has 2 aromatic carbocycles. The lowest BCUT2D eigenvalue weighted by Crippen LogP contribution is -2.44. The van der Waals surface area contributed by atoms with Crippen molar-refractivity contribution < 1.29 is 14.3 Å². The normalized spacial score (nSPS) is 16.9. The van der Waals surface area contributed by atoms with Gasteiger partial charge in [-0.1, -0.05) is 35.9 Å². The fourth-order valence-corrected chi connectivity index (χ4v) is 4.15. The van der Waals surface area contributed by atoms with Crippen LogP contribution in [0.1, 0.15) is 29.5 Å². The zero-order valence-electron chi connectivity index (χ0n) is 18.9. The van der Waals surface area contributed by atoms with Gasteiger partial charge in [-0.25, -0.2) is 0 Å². The highest BCUT2D eigenvalue weighted by atomic mass is 31.0. The smallest absolute Gasteiger partial charge is 0.305 e. The Hall–Kier alpha value is -2.89. The summed E-state index contributed by atoms with van der Waals surface area (Å²) < 4.78 is 10.1. The van der Waals surface area contributed by atoms with Gasteiger partial charge in [0, 0.05) is 31.7 Å². The molecule has 1 aliphatic rings. The van der Waals surface area contributed by atoms with Gasteiger partial charge in [0.2, 0.25) is 0 Å². The largest absolute Gasteiger partial charge is 0.469 e. The second-order valence-electron chi connectivity index (χ2n) is 7.51. The molecule has 0 spiro atoms. The second-order valence-corrected chi connectivity index (χ2v) is 8.14. The van der Waals surface area contributed by atoms with Crippen LogP contribution in [-0.2, 0) is 14.3 Å². The molecule has 0 radical (unpaired) electrons. The molecule has 168 valence electrons. The molecule has 32 heavy (non-hydrogen) atoms. The van der Waals surface area contributed by atoms with Crippen LogP contribution in [0.3, 0.4) is 0 Å². The SMILES string of the molecule is CN=C1[C@H](CCC(=O)OC)N=C(c2ccccc2P)c2cc(C)ccc2N1C(=N)COC. The van der Waals surface area contributed by atoms with Gasteiger partial charge in [-0.2, -0.15) is 0 Å². The van der Waals surface area contributed by atoms with Gasteiger partial charge >= 0.3 is 5.97 Å². The summed E-state index contributed by atoms with van der Waals surface area (Å²) in [5, 5.41) is 9.74. The Balaban J connectivity index is 2.28. The Morgan fingerprint density at radius 2 is 1.97 bits per heavy atom. The lowest BCUT2D eigenvalue weighted by atomic mass is 9.98. The van der Waals surface area contributed by atoms with Crippen LogP contribution in [0.2, 0.25) is 0 Å². The van der Waals surface area contributed by atoms with Gasteiger partial charge in [-0.05, 0) is 30.8 Å². The van der Waals surface area contributed by atoms with Gasteiger partial charge in [-0.15, -0.1) is 9.24 Å². The summed E-state index contributed by atoms with van der Waals surface area (Å²) in [6.07, 6.45) is 0.603. The Bertz CT molecular complexity index is 1080. The zero-order valence-corrected chi connectivity index (χ0v) is 20.0. The number of methoxy groups -OCH3 is 2. The van der Waals surface area contributed by atoms with Crippen LogP contribution < -0.4 is 10.2 Å². The van der Waals surface area contributed by atoms with Gasteiger partial charge in [0.05, 0.1) is 18.5 Å². The van der Waals surface area contributed by atoms with Crippen molar-refractivity contribution in [3.8, 4) is 0 Å². The van der Waals surface area contributed by atoms with E-state index < -0.39 is 6.04 Å². The van der Waals surface area contributed by atoms with E-state index in [2.05, 4.69) is 20.3 Å². The third-order valence-corrected chi connectivity index (χ3v) is 5.81. The number of hydrogen-bond donors (Lipinski definition) is 1. The molecule has 1 aliphatic heterocycles. The third kappa shape index (κ3) is 4.95. The van der Waals surface area contributed by atoms with Crippen molar-refractivity contribution in [3.05, 3.63) is 59.2 Å². The number of carbonyl (C=O) groups is 1. The highest BCUT2D eigenvalue weighted by molar-refractivity contribution is 7.27. The van der Waals surface area contributed by atoms with E-state index >= 15 is 0 Å². The van der Waals surface area contributed by atoms with Crippen molar-refractivity contribution in [1.29, 1.82) is 5.41 Å². The number of rotatable bonds is 6. The summed E-state index contributed by atoms with van der Waals surface area (Å²) in [6.45, 7) is 2.15. The minimum Gasteiger partial charge on any atom is -0.469 e. The van der Waals surface area contributed by atoms with Crippen LogP contribution in [0, 0.1) is 12.3 Å². The molecule has 7 nitrogen and oxygen atoms in total. The van der Waals surface area contributed by atoms with Gasteiger partial charge in [0.1, 0.15) is 24.3 Å². The molecule has 0 bridgehead atoms. The van der Waals surface area contributed by atoms with E-state index in [0.717, 1.165) is 33.4 Å². The molecule has 8 heteroatoms. The van der Waals surface area contributed by atoms with E-state index in [-0.39, 0.29) is 24.8 Å². The Morgan fingerprint density at radius 3 is 2.62 bits per heavy atom. The number of hydrogen-bond acceptors (Lipinski definition) is 6. The monoisotopic (exact) mass is 452 g/mol. The molecule has 0 fully saturated rings. The first-order valence-electron chi connectivity index (χ1n) is 10.3. The van der Waals surface area contributed by atoms with Gasteiger partial charge in [0.15, 0.2) is 0 Å². The number of nitrogens with one attached hydrogen (secondary N) is 1. The minimum atomic E-state index is -0.441. The summed E-state index contributed by atoms with van der Waals surface area (Å²) in [6, 6.07) is 13.7. The standard InChI is InChI=1S/C24H29N4O3P/c1-15-9-11-19-17(13-15)23(16-7-5-6-8-20(16)32)27-18(10-12-22(29)31-4)24(26-2)28(19)21(25)14-30-3/h5-9,11,13,18,25H,10,12,14,32H2,1-4H3/t18-/m0/s1. The summed E-state index contributed by atoms with van der Waals surface area (Å²) in [7, 11) is 7.40. The zero-order chi connectivity index (χ0) is 23.3. The van der Waals surface area contributed by atoms with Crippen molar-refractivity contribution in [2.24, 2.45) is 9.98 Å². The molecule has 1 unspecified atom stereocenters. The number of ether oxygens (including phenoxy) is 2. The molecule has 0 saturated heterocycles. The topological polar surface area (TPSA) is 87.3 Å². The molecule has 2 atom stereocenters. The number of aryl methyl sites for hydroxylation is 1. The quantitative estimate of drug-likeness (QED) is 0.316. The highest BCUT2D eigenvalue weighted by Crippen LogP contribution is 2.31. The summed E-state index contributed by atoms with van der Waals surface area (Å²) in [4.78, 5) is 23.4. The van der Waals surface area contributed by atoms with E-state index in [0.29, 0.717) is 12.3 Å². The van der Waals surface area contributed by atoms with Crippen molar-refractivity contribution >= 4 is 43.6 Å². The number of benzene rings is 2. The fraction of sp³-hybridized carbons (Fsp3) is 0.333. The first-order valence-corrected chi connectivity index (χ1v) is 10.9. The molecule has 0 saturated carbocycles. The van der Waals surface area contributed by atoms with Crippen LogP contribution in [-0.4, -0.2) is 57.3 Å². The lowest BCUT2D eigenvalue weighted by Gasteiger charge is -2.28. The number of aliphatic imine (C=N–C) groups is 2. The molecule has 0 aromatic heterocycles. The molecule has 1 N–H and O–H groups in total. The average molecular weight is 452 g/mol. The maximum atomic E-state index is 11.9. The van der Waals surface area contributed by atoms with Crippen LogP contribution in [0.25, 0.3) is 0 Å². The summed E-state index contributed by atoms with van der Waals surface area (Å²) >= 11 is 0. The van der Waals surface area contributed by atoms with Crippen molar-refractivity contribution in [2.75, 3.05) is 32.8 Å². The van der Waals surface area contributed by atoms with E-state index in [1.54, 1.807) is 19.1 Å². The van der Waals surface area contributed by atoms with Gasteiger partial charge in [0.25, 0.3) is 0 Å². The number of benzodiazepines with no additional fused rings is 1. The number of fused-ring (bicyclic) bond motifs is 1. The van der Waals surface area contributed by atoms with Crippen LogP contribution >= 0.6 is 9.24 Å². The maximum absolute atomic E-state index is 11.9. The number of carbonyl (C=O) groups excluding carboxylic acids is 1. The first kappa shape index (κ1) is 23.8. The predicted octanol–water partition coefficient (Wildman–Crippen LogP) is 3.13. The van der Waals surface area contributed by atoms with E-state index in [9.17, 15) is 4.79 Å². The number of esters is 1. The lowest BCUT2D eigenvalue weighted by molar-refractivity contribution is -0.140. The number of anilines is 1. The molecule has 2 aromatic rings. The molecule has 0 amide bonds. The average Bonchev–Trinajstić information content (AvgIpc) is 2.92. The van der Waals surface area contributed by atoms with Gasteiger partial charge < -0.3 is 9.47 Å². The van der Waals surface area contributed by atoms with Gasteiger partial charge in [-0.3, -0.25) is 25.1 Å². The van der Waals surface area contributed by atoms with Crippen molar-refractivity contribution in [3.63, 3.8) is 0 Å². The Kier molecular flexibility index (Phi) is 7.89. The molecular weight excluding hydrogens is 423 g/mol. The van der Waals surface area contributed by atoms with E-state index in [1.165, 1.54) is 7.11 Å². The first-order chi connectivity index (χ1) is 15.4. The molecular formula is C24H29N4O3P. The predicted molar refractivity (Wildman–Crippen MR) is 133 cm³/mol. The number of nitrogens with zero attached hydrogens (tertiary/aromatic N) is 3.